The van der Waals surface area contributed by atoms with Gasteiger partial charge in [-0.1, -0.05) is 13.3 Å². The van der Waals surface area contributed by atoms with Gasteiger partial charge in [-0.05, 0) is 23.8 Å². The molecule has 1 unspecified atom stereocenters. The Kier molecular flexibility index (Phi) is 6.34. The van der Waals surface area contributed by atoms with Gasteiger partial charge in [-0.25, -0.2) is 0 Å². The minimum Gasteiger partial charge on any atom is -0.179 e. The number of rotatable bonds is 4. The van der Waals surface area contributed by atoms with E-state index in [9.17, 15) is 0 Å². The van der Waals surface area contributed by atoms with Crippen molar-refractivity contribution in [2.24, 2.45) is 0 Å². The summed E-state index contributed by atoms with van der Waals surface area (Å²) in [5.41, 5.74) is 0. The molecule has 0 saturated heterocycles. The summed E-state index contributed by atoms with van der Waals surface area (Å²) in [5.74, 6) is 1.01. The topological polar surface area (TPSA) is 0 Å². The third-order valence-electron chi connectivity index (χ3n) is 1.03. The van der Waals surface area contributed by atoms with Crippen LogP contribution in [0.15, 0.2) is 0 Å². The van der Waals surface area contributed by atoms with Crippen molar-refractivity contribution in [3.8, 4) is 0 Å². The van der Waals surface area contributed by atoms with Crippen molar-refractivity contribution < 1.29 is 0 Å². The molecule has 0 aromatic carbocycles. The van der Waals surface area contributed by atoms with Gasteiger partial charge in [-0.15, -0.1) is 0 Å². The zero-order chi connectivity index (χ0) is 6.41. The maximum atomic E-state index is 4.25. The summed E-state index contributed by atoms with van der Waals surface area (Å²) in [5, 5.41) is 0.565. The molecule has 0 radical (unpaired) electrons. The van der Waals surface area contributed by atoms with Crippen LogP contribution < -0.4 is 0 Å². The Balaban J connectivity index is 2.72. The summed E-state index contributed by atoms with van der Waals surface area (Å²) in [6.45, 7) is 2.13. The molecule has 0 bridgehead atoms. The molecule has 0 saturated carbocycles. The zero-order valence-electron chi connectivity index (χ0n) is 5.30. The fraction of sp³-hybridized carbons (Fsp3) is 1.00. The van der Waals surface area contributed by atoms with E-state index in [2.05, 4.69) is 32.2 Å². The molecule has 0 N–H and O–H groups in total. The number of thiol groups is 2. The Morgan fingerprint density at radius 2 is 2.00 bits per heavy atom. The van der Waals surface area contributed by atoms with E-state index < -0.39 is 0 Å². The Morgan fingerprint density at radius 1 is 1.38 bits per heavy atom. The summed E-state index contributed by atoms with van der Waals surface area (Å²) >= 11 is 8.34. The first kappa shape index (κ1) is 8.70. The van der Waals surface area contributed by atoms with Crippen LogP contribution in [0.2, 0.25) is 0 Å². The average Bonchev–Trinajstić information content (AvgIpc) is 1.66. The Bertz CT molecular complexity index is 43.8. The molecule has 8 heavy (non-hydrogen) atoms. The normalized spacial score (nSPS) is 13.9. The first-order chi connectivity index (χ1) is 3.77. The van der Waals surface area contributed by atoms with E-state index in [1.807, 2.05) is 0 Å². The summed E-state index contributed by atoms with van der Waals surface area (Å²) in [6, 6.07) is 0. The van der Waals surface area contributed by atoms with Gasteiger partial charge in [0, 0.05) is 0 Å². The van der Waals surface area contributed by atoms with E-state index in [0.717, 1.165) is 5.75 Å². The second-order valence-electron chi connectivity index (χ2n) is 2.07. The van der Waals surface area contributed by atoms with E-state index >= 15 is 0 Å². The maximum Gasteiger partial charge on any atom is -0.00116 e. The molecular weight excluding hydrogens is 136 g/mol. The van der Waals surface area contributed by atoms with E-state index in [-0.39, 0.29) is 0 Å². The molecule has 0 fully saturated rings. The number of hydrogen-bond donors (Lipinski definition) is 2. The van der Waals surface area contributed by atoms with Crippen LogP contribution in [0.25, 0.3) is 0 Å². The van der Waals surface area contributed by atoms with Crippen molar-refractivity contribution in [1.29, 1.82) is 0 Å². The molecule has 0 aliphatic rings. The maximum absolute atomic E-state index is 4.25. The van der Waals surface area contributed by atoms with Crippen molar-refractivity contribution in [2.75, 3.05) is 5.75 Å². The van der Waals surface area contributed by atoms with E-state index in [4.69, 9.17) is 0 Å². The highest BCUT2D eigenvalue weighted by atomic mass is 32.1. The fourth-order valence-electron chi connectivity index (χ4n) is 0.552. The molecule has 2 heteroatoms. The lowest BCUT2D eigenvalue weighted by molar-refractivity contribution is 0.721. The summed E-state index contributed by atoms with van der Waals surface area (Å²) < 4.78 is 0. The second-order valence-corrected chi connectivity index (χ2v) is 3.40. The van der Waals surface area contributed by atoms with Gasteiger partial charge in [0.2, 0.25) is 0 Å². The van der Waals surface area contributed by atoms with Crippen LogP contribution in [-0.4, -0.2) is 11.0 Å². The van der Waals surface area contributed by atoms with E-state index in [1.54, 1.807) is 0 Å². The molecule has 0 aromatic rings. The zero-order valence-corrected chi connectivity index (χ0v) is 7.09. The summed E-state index contributed by atoms with van der Waals surface area (Å²) in [6.07, 6.45) is 3.73. The van der Waals surface area contributed by atoms with Crippen molar-refractivity contribution in [3.63, 3.8) is 0 Å². The van der Waals surface area contributed by atoms with Gasteiger partial charge in [0.05, 0.1) is 0 Å². The molecule has 50 valence electrons. The lowest BCUT2D eigenvalue weighted by atomic mass is 10.2. The number of hydrogen-bond acceptors (Lipinski definition) is 2. The van der Waals surface area contributed by atoms with Crippen molar-refractivity contribution in [2.45, 2.75) is 31.4 Å². The van der Waals surface area contributed by atoms with Crippen LogP contribution in [0.5, 0.6) is 0 Å². The number of unbranched alkanes of at least 4 members (excludes halogenated alkanes) is 1. The third kappa shape index (κ3) is 6.70. The second kappa shape index (κ2) is 5.83. The van der Waals surface area contributed by atoms with Gasteiger partial charge in [0.25, 0.3) is 0 Å². The molecule has 0 spiro atoms. The molecule has 0 aliphatic heterocycles. The van der Waals surface area contributed by atoms with Gasteiger partial charge >= 0.3 is 0 Å². The average molecular weight is 150 g/mol. The first-order valence-corrected chi connectivity index (χ1v) is 4.21. The minimum atomic E-state index is 0.565. The highest BCUT2D eigenvalue weighted by Gasteiger charge is 1.91. The van der Waals surface area contributed by atoms with Crippen LogP contribution in [0.4, 0.5) is 0 Å². The summed E-state index contributed by atoms with van der Waals surface area (Å²) in [7, 11) is 0. The first-order valence-electron chi connectivity index (χ1n) is 3.06. The van der Waals surface area contributed by atoms with Crippen LogP contribution in [-0.2, 0) is 0 Å². The Labute approximate surface area is 62.9 Å². The van der Waals surface area contributed by atoms with Crippen LogP contribution in [0.1, 0.15) is 26.2 Å². The largest absolute Gasteiger partial charge is 0.179 e. The molecular formula is C6H14S2. The van der Waals surface area contributed by atoms with E-state index in [0.29, 0.717) is 5.25 Å². The van der Waals surface area contributed by atoms with Crippen molar-refractivity contribution >= 4 is 25.3 Å². The third-order valence-corrected chi connectivity index (χ3v) is 1.60. The molecule has 0 aliphatic carbocycles. The van der Waals surface area contributed by atoms with Gasteiger partial charge in [-0.2, -0.15) is 25.3 Å². The van der Waals surface area contributed by atoms with E-state index in [1.165, 1.54) is 19.3 Å². The smallest absolute Gasteiger partial charge is 0.00116 e. The SMILES string of the molecule is CC(S)CCCCS. The Morgan fingerprint density at radius 3 is 2.38 bits per heavy atom. The van der Waals surface area contributed by atoms with Crippen molar-refractivity contribution in [3.05, 3.63) is 0 Å². The predicted molar refractivity (Wildman–Crippen MR) is 46.2 cm³/mol. The van der Waals surface area contributed by atoms with Gasteiger partial charge in [0.1, 0.15) is 0 Å². The van der Waals surface area contributed by atoms with Gasteiger partial charge in [-0.3, -0.25) is 0 Å². The highest BCUT2D eigenvalue weighted by molar-refractivity contribution is 7.80. The fourth-order valence-corrected chi connectivity index (χ4v) is 0.958. The van der Waals surface area contributed by atoms with Gasteiger partial charge < -0.3 is 0 Å². The summed E-state index contributed by atoms with van der Waals surface area (Å²) in [4.78, 5) is 0. The molecule has 0 heterocycles. The molecule has 0 nitrogen and oxygen atoms in total. The highest BCUT2D eigenvalue weighted by Crippen LogP contribution is 2.05. The standard InChI is InChI=1S/C6H14S2/c1-6(8)4-2-3-5-7/h6-8H,2-5H2,1H3. The monoisotopic (exact) mass is 150 g/mol. The van der Waals surface area contributed by atoms with Crippen molar-refractivity contribution in [1.82, 2.24) is 0 Å². The molecule has 1 atom stereocenters. The van der Waals surface area contributed by atoms with Crippen LogP contribution in [0.3, 0.4) is 0 Å². The lowest BCUT2D eigenvalue weighted by Crippen LogP contribution is -1.89. The molecule has 0 amide bonds. The molecule has 0 rings (SSSR count). The predicted octanol–water partition coefficient (Wildman–Crippen LogP) is 2.40. The van der Waals surface area contributed by atoms with Crippen LogP contribution >= 0.6 is 25.3 Å². The Hall–Kier alpha value is 0.700. The van der Waals surface area contributed by atoms with Crippen LogP contribution in [0, 0.1) is 0 Å². The minimum absolute atomic E-state index is 0.565. The molecule has 0 aromatic heterocycles. The lowest BCUT2D eigenvalue weighted by Gasteiger charge is -1.99. The van der Waals surface area contributed by atoms with Gasteiger partial charge in [0.15, 0.2) is 0 Å². The quantitative estimate of drug-likeness (QED) is 0.446.